The van der Waals surface area contributed by atoms with Gasteiger partial charge in [-0.3, -0.25) is 4.79 Å². The van der Waals surface area contributed by atoms with Crippen LogP contribution in [-0.2, 0) is 4.79 Å². The van der Waals surface area contributed by atoms with Gasteiger partial charge in [0.1, 0.15) is 0 Å². The molecule has 0 aromatic heterocycles. The third-order valence-electron chi connectivity index (χ3n) is 5.69. The average Bonchev–Trinajstić information content (AvgIpc) is 2.88. The number of hydrogen-bond acceptors (Lipinski definition) is 2. The van der Waals surface area contributed by atoms with Crippen molar-refractivity contribution in [3.05, 3.63) is 0 Å². The van der Waals surface area contributed by atoms with E-state index in [1.807, 2.05) is 0 Å². The van der Waals surface area contributed by atoms with Crippen LogP contribution in [0.5, 0.6) is 0 Å². The molecule has 3 rings (SSSR count). The van der Waals surface area contributed by atoms with Crippen LogP contribution in [0.25, 0.3) is 0 Å². The van der Waals surface area contributed by atoms with Crippen LogP contribution in [0, 0.1) is 17.8 Å². The quantitative estimate of drug-likeness (QED) is 0.803. The summed E-state index contributed by atoms with van der Waals surface area (Å²) in [5.74, 6) is 2.72. The smallest absolute Gasteiger partial charge is 0.222 e. The lowest BCUT2D eigenvalue weighted by molar-refractivity contribution is -0.124. The number of hydrogen-bond donors (Lipinski definition) is 2. The van der Waals surface area contributed by atoms with Gasteiger partial charge >= 0.3 is 0 Å². The number of carbonyl (C=O) groups is 1. The second-order valence-electron chi connectivity index (χ2n) is 7.09. The molecule has 1 amide bonds. The van der Waals surface area contributed by atoms with Crippen LogP contribution in [0.4, 0.5) is 0 Å². The van der Waals surface area contributed by atoms with Crippen LogP contribution in [0.3, 0.4) is 0 Å². The normalized spacial score (nSPS) is 38.2. The molecular weight excluding hydrogens is 224 g/mol. The van der Waals surface area contributed by atoms with E-state index in [2.05, 4.69) is 12.2 Å². The number of carbonyl (C=O) groups excluding carboxylic acids is 1. The van der Waals surface area contributed by atoms with Gasteiger partial charge in [-0.25, -0.2) is 0 Å². The zero-order chi connectivity index (χ0) is 12.8. The fraction of sp³-hybridized carbons (Fsp3) is 0.933. The molecule has 0 saturated heterocycles. The van der Waals surface area contributed by atoms with Gasteiger partial charge in [-0.1, -0.05) is 6.42 Å². The second-order valence-corrected chi connectivity index (χ2v) is 7.09. The molecular formula is C15H26N2O. The maximum Gasteiger partial charge on any atom is 0.222 e. The molecule has 3 nitrogen and oxygen atoms in total. The van der Waals surface area contributed by atoms with Gasteiger partial charge in [-0.15, -0.1) is 0 Å². The SMILES string of the molecule is CC(NC(=O)CC1(N)CCC1)C1CC2CCC1C2. The van der Waals surface area contributed by atoms with Crippen LogP contribution in [0.15, 0.2) is 0 Å². The molecule has 3 saturated carbocycles. The first-order chi connectivity index (χ1) is 8.56. The summed E-state index contributed by atoms with van der Waals surface area (Å²) in [6.45, 7) is 2.19. The first kappa shape index (κ1) is 12.5. The summed E-state index contributed by atoms with van der Waals surface area (Å²) >= 11 is 0. The van der Waals surface area contributed by atoms with Gasteiger partial charge in [0.25, 0.3) is 0 Å². The standard InChI is InChI=1S/C15H26N2O/c1-10(13-8-11-3-4-12(13)7-11)17-14(18)9-15(16)5-2-6-15/h10-13H,2-9,16H2,1H3,(H,17,18). The van der Waals surface area contributed by atoms with Gasteiger partial charge in [0, 0.05) is 18.0 Å². The number of amides is 1. The molecule has 102 valence electrons. The van der Waals surface area contributed by atoms with Gasteiger partial charge in [-0.05, 0) is 63.2 Å². The van der Waals surface area contributed by atoms with E-state index in [9.17, 15) is 4.79 Å². The molecule has 4 atom stereocenters. The van der Waals surface area contributed by atoms with Gasteiger partial charge < -0.3 is 11.1 Å². The zero-order valence-electron chi connectivity index (χ0n) is 11.5. The van der Waals surface area contributed by atoms with Crippen molar-refractivity contribution < 1.29 is 4.79 Å². The molecule has 3 aliphatic carbocycles. The highest BCUT2D eigenvalue weighted by atomic mass is 16.1. The fourth-order valence-corrected chi connectivity index (χ4v) is 4.45. The molecule has 3 N–H and O–H groups in total. The molecule has 0 aromatic carbocycles. The van der Waals surface area contributed by atoms with Crippen molar-refractivity contribution in [2.75, 3.05) is 0 Å². The molecule has 4 unspecified atom stereocenters. The van der Waals surface area contributed by atoms with E-state index < -0.39 is 0 Å². The van der Waals surface area contributed by atoms with Crippen molar-refractivity contribution in [2.24, 2.45) is 23.5 Å². The maximum atomic E-state index is 12.0. The van der Waals surface area contributed by atoms with Crippen LogP contribution in [-0.4, -0.2) is 17.5 Å². The Morgan fingerprint density at radius 3 is 2.67 bits per heavy atom. The van der Waals surface area contributed by atoms with Crippen LogP contribution >= 0.6 is 0 Å². The number of rotatable bonds is 4. The molecule has 2 bridgehead atoms. The van der Waals surface area contributed by atoms with Crippen molar-refractivity contribution in [1.29, 1.82) is 0 Å². The van der Waals surface area contributed by atoms with Crippen molar-refractivity contribution in [3.8, 4) is 0 Å². The molecule has 3 heteroatoms. The Bertz CT molecular complexity index is 337. The van der Waals surface area contributed by atoms with Gasteiger partial charge in [0.15, 0.2) is 0 Å². The summed E-state index contributed by atoms with van der Waals surface area (Å²) in [5, 5.41) is 3.21. The maximum absolute atomic E-state index is 12.0. The van der Waals surface area contributed by atoms with Crippen LogP contribution in [0.1, 0.15) is 58.3 Å². The Morgan fingerprint density at radius 2 is 2.17 bits per heavy atom. The van der Waals surface area contributed by atoms with E-state index in [0.717, 1.165) is 30.6 Å². The van der Waals surface area contributed by atoms with Gasteiger partial charge in [0.05, 0.1) is 0 Å². The lowest BCUT2D eigenvalue weighted by atomic mass is 9.75. The lowest BCUT2D eigenvalue weighted by Crippen LogP contribution is -2.51. The van der Waals surface area contributed by atoms with Crippen molar-refractivity contribution >= 4 is 5.91 Å². The molecule has 0 aliphatic heterocycles. The van der Waals surface area contributed by atoms with E-state index in [4.69, 9.17) is 5.73 Å². The van der Waals surface area contributed by atoms with Crippen molar-refractivity contribution in [1.82, 2.24) is 5.32 Å². The molecule has 3 aliphatic rings. The largest absolute Gasteiger partial charge is 0.353 e. The Kier molecular flexibility index (Phi) is 3.13. The molecule has 0 heterocycles. The molecule has 18 heavy (non-hydrogen) atoms. The average molecular weight is 250 g/mol. The predicted molar refractivity (Wildman–Crippen MR) is 71.9 cm³/mol. The van der Waals surface area contributed by atoms with Crippen molar-refractivity contribution in [3.63, 3.8) is 0 Å². The first-order valence-corrected chi connectivity index (χ1v) is 7.64. The predicted octanol–water partition coefficient (Wildman–Crippen LogP) is 2.20. The topological polar surface area (TPSA) is 55.1 Å². The lowest BCUT2D eigenvalue weighted by Gasteiger charge is -2.38. The van der Waals surface area contributed by atoms with Gasteiger partial charge in [-0.2, -0.15) is 0 Å². The summed E-state index contributed by atoms with van der Waals surface area (Å²) in [5.41, 5.74) is 5.95. The minimum absolute atomic E-state index is 0.174. The monoisotopic (exact) mass is 250 g/mol. The minimum atomic E-state index is -0.182. The van der Waals surface area contributed by atoms with Crippen molar-refractivity contribution in [2.45, 2.75) is 69.9 Å². The number of fused-ring (bicyclic) bond motifs is 2. The van der Waals surface area contributed by atoms with E-state index in [-0.39, 0.29) is 11.4 Å². The highest BCUT2D eigenvalue weighted by molar-refractivity contribution is 5.77. The highest BCUT2D eigenvalue weighted by Gasteiger charge is 2.42. The fourth-order valence-electron chi connectivity index (χ4n) is 4.45. The Balaban J connectivity index is 1.48. The summed E-state index contributed by atoms with van der Waals surface area (Å²) in [6.07, 6.45) is 9.30. The van der Waals surface area contributed by atoms with Crippen LogP contribution in [0.2, 0.25) is 0 Å². The third kappa shape index (κ3) is 2.29. The summed E-state index contributed by atoms with van der Waals surface area (Å²) in [6, 6.07) is 0.344. The van der Waals surface area contributed by atoms with E-state index >= 15 is 0 Å². The summed E-state index contributed by atoms with van der Waals surface area (Å²) in [4.78, 5) is 12.0. The van der Waals surface area contributed by atoms with E-state index in [1.54, 1.807) is 0 Å². The van der Waals surface area contributed by atoms with E-state index in [0.29, 0.717) is 12.5 Å². The number of nitrogens with two attached hydrogens (primary N) is 1. The molecule has 0 aromatic rings. The second kappa shape index (κ2) is 4.52. The Labute approximate surface area is 110 Å². The Morgan fingerprint density at radius 1 is 1.39 bits per heavy atom. The summed E-state index contributed by atoms with van der Waals surface area (Å²) in [7, 11) is 0. The number of nitrogens with one attached hydrogen (secondary N) is 1. The Hall–Kier alpha value is -0.570. The van der Waals surface area contributed by atoms with Crippen LogP contribution < -0.4 is 11.1 Å². The highest BCUT2D eigenvalue weighted by Crippen LogP contribution is 2.49. The van der Waals surface area contributed by atoms with Gasteiger partial charge in [0.2, 0.25) is 5.91 Å². The molecule has 3 fully saturated rings. The minimum Gasteiger partial charge on any atom is -0.353 e. The zero-order valence-corrected chi connectivity index (χ0v) is 11.5. The summed E-state index contributed by atoms with van der Waals surface area (Å²) < 4.78 is 0. The third-order valence-corrected chi connectivity index (χ3v) is 5.69. The molecule has 0 radical (unpaired) electrons. The first-order valence-electron chi connectivity index (χ1n) is 7.64. The molecule has 0 spiro atoms. The van der Waals surface area contributed by atoms with E-state index in [1.165, 1.54) is 32.1 Å².